The van der Waals surface area contributed by atoms with Crippen LogP contribution in [0.3, 0.4) is 0 Å². The minimum absolute atomic E-state index is 0.0966. The third kappa shape index (κ3) is 1.54. The monoisotopic (exact) mass is 273 g/mol. The Morgan fingerprint density at radius 1 is 1.40 bits per heavy atom. The van der Waals surface area contributed by atoms with Crippen molar-refractivity contribution in [3.8, 4) is 5.75 Å². The molecule has 1 aromatic rings. The fourth-order valence-electron chi connectivity index (χ4n) is 4.38. The molecule has 0 bridgehead atoms. The lowest BCUT2D eigenvalue weighted by atomic mass is 9.59. The van der Waals surface area contributed by atoms with Gasteiger partial charge in [0.05, 0.1) is 7.45 Å². The van der Waals surface area contributed by atoms with Crippen molar-refractivity contribution in [3.05, 3.63) is 41.0 Å². The van der Waals surface area contributed by atoms with Crippen LogP contribution in [0.1, 0.15) is 53.7 Å². The molecule has 1 aromatic carbocycles. The quantitative estimate of drug-likeness (QED) is 0.710. The molecular weight excluding hydrogens is 248 g/mol. The predicted octanol–water partition coefficient (Wildman–Crippen LogP) is 3.53. The molecule has 0 saturated heterocycles. The lowest BCUT2D eigenvalue weighted by Crippen LogP contribution is -2.39. The molecule has 0 amide bonds. The number of hydrogen-bond donors (Lipinski definition) is 2. The standard InChI is InChI=1S/C18H22O2/c1-18-9-8-14-13-5-3-12(19)10-11(13)2-4-15(14)16(18)6-7-17(18)20/h3-5,10,14,16-17,19-20H,2,6-9H2,1H3/t14?,16?,17-,18-/m0/s1/i7D2,17D. The Bertz CT molecular complexity index is 710. The fraction of sp³-hybridized carbons (Fsp3) is 0.556. The van der Waals surface area contributed by atoms with E-state index in [9.17, 15) is 10.2 Å². The first-order valence-corrected chi connectivity index (χ1v) is 7.41. The van der Waals surface area contributed by atoms with Gasteiger partial charge in [-0.3, -0.25) is 0 Å². The molecule has 0 heterocycles. The molecule has 0 aliphatic heterocycles. The molecule has 3 aliphatic carbocycles. The number of phenols is 1. The molecular formula is C18H22O2. The van der Waals surface area contributed by atoms with E-state index in [1.807, 2.05) is 19.1 Å². The van der Waals surface area contributed by atoms with Crippen LogP contribution >= 0.6 is 0 Å². The molecule has 20 heavy (non-hydrogen) atoms. The molecule has 0 radical (unpaired) electrons. The second-order valence-electron chi connectivity index (χ2n) is 6.58. The third-order valence-electron chi connectivity index (χ3n) is 5.60. The van der Waals surface area contributed by atoms with E-state index in [1.54, 1.807) is 6.07 Å². The van der Waals surface area contributed by atoms with Gasteiger partial charge in [0.1, 0.15) is 5.75 Å². The Balaban J connectivity index is 1.79. The minimum atomic E-state index is -2.05. The van der Waals surface area contributed by atoms with Gasteiger partial charge >= 0.3 is 0 Å². The van der Waals surface area contributed by atoms with Crippen LogP contribution in [0.25, 0.3) is 0 Å². The smallest absolute Gasteiger partial charge is 0.115 e. The van der Waals surface area contributed by atoms with Gasteiger partial charge in [0.15, 0.2) is 0 Å². The summed E-state index contributed by atoms with van der Waals surface area (Å²) in [6.07, 6.45) is 0.587. The number of rotatable bonds is 0. The van der Waals surface area contributed by atoms with Crippen LogP contribution in [-0.4, -0.2) is 16.3 Å². The maximum Gasteiger partial charge on any atom is 0.115 e. The average Bonchev–Trinajstić information content (AvgIpc) is 2.62. The first-order chi connectivity index (χ1) is 10.7. The Kier molecular flexibility index (Phi) is 1.98. The first kappa shape index (κ1) is 9.62. The van der Waals surface area contributed by atoms with E-state index in [4.69, 9.17) is 4.11 Å². The van der Waals surface area contributed by atoms with Crippen LogP contribution in [0.15, 0.2) is 29.8 Å². The van der Waals surface area contributed by atoms with Gasteiger partial charge in [-0.1, -0.05) is 24.6 Å². The zero-order valence-corrected chi connectivity index (χ0v) is 11.7. The van der Waals surface area contributed by atoms with Crippen molar-refractivity contribution < 1.29 is 14.3 Å². The van der Waals surface area contributed by atoms with Crippen molar-refractivity contribution in [3.63, 3.8) is 0 Å². The molecule has 2 heteroatoms. The Morgan fingerprint density at radius 3 is 3.10 bits per heavy atom. The average molecular weight is 273 g/mol. The molecule has 106 valence electrons. The third-order valence-corrected chi connectivity index (χ3v) is 5.60. The molecule has 0 aromatic heterocycles. The van der Waals surface area contributed by atoms with E-state index >= 15 is 0 Å². The Morgan fingerprint density at radius 2 is 2.25 bits per heavy atom. The molecule has 2 unspecified atom stereocenters. The van der Waals surface area contributed by atoms with E-state index in [-0.39, 0.29) is 24.0 Å². The summed E-state index contributed by atoms with van der Waals surface area (Å²) in [5.74, 6) is 0.404. The largest absolute Gasteiger partial charge is 0.508 e. The van der Waals surface area contributed by atoms with Crippen molar-refractivity contribution >= 4 is 0 Å². The molecule has 4 atom stereocenters. The van der Waals surface area contributed by atoms with Gasteiger partial charge in [-0.05, 0) is 61.2 Å². The van der Waals surface area contributed by atoms with Crippen LogP contribution in [0.5, 0.6) is 5.75 Å². The highest BCUT2D eigenvalue weighted by molar-refractivity contribution is 5.47. The van der Waals surface area contributed by atoms with E-state index < -0.39 is 17.9 Å². The maximum atomic E-state index is 10.6. The number of benzene rings is 1. The minimum Gasteiger partial charge on any atom is -0.508 e. The molecule has 2 nitrogen and oxygen atoms in total. The summed E-state index contributed by atoms with van der Waals surface area (Å²) in [6, 6.07) is 5.50. The highest BCUT2D eigenvalue weighted by Gasteiger charge is 2.51. The summed E-state index contributed by atoms with van der Waals surface area (Å²) < 4.78 is 24.6. The molecule has 4 rings (SSSR count). The molecule has 3 aliphatic rings. The van der Waals surface area contributed by atoms with E-state index in [0.29, 0.717) is 6.42 Å². The first-order valence-electron chi connectivity index (χ1n) is 8.91. The summed E-state index contributed by atoms with van der Waals surface area (Å²) in [5, 5.41) is 20.3. The van der Waals surface area contributed by atoms with Crippen molar-refractivity contribution in [2.24, 2.45) is 11.3 Å². The lowest BCUT2D eigenvalue weighted by Gasteiger charge is -2.46. The summed E-state index contributed by atoms with van der Waals surface area (Å²) >= 11 is 0. The van der Waals surface area contributed by atoms with E-state index in [1.165, 1.54) is 11.1 Å². The Labute approximate surface area is 124 Å². The molecule has 0 spiro atoms. The van der Waals surface area contributed by atoms with Gasteiger partial charge in [0.25, 0.3) is 0 Å². The summed E-state index contributed by atoms with van der Waals surface area (Å²) in [5.41, 5.74) is 2.78. The highest BCUT2D eigenvalue weighted by atomic mass is 16.3. The number of allylic oxidation sites excluding steroid dienone is 2. The van der Waals surface area contributed by atoms with Crippen LogP contribution in [0, 0.1) is 11.3 Å². The Hall–Kier alpha value is -1.28. The van der Waals surface area contributed by atoms with Crippen LogP contribution in [-0.2, 0) is 6.42 Å². The van der Waals surface area contributed by atoms with Gasteiger partial charge in [-0.25, -0.2) is 0 Å². The van der Waals surface area contributed by atoms with Gasteiger partial charge < -0.3 is 10.2 Å². The predicted molar refractivity (Wildman–Crippen MR) is 78.7 cm³/mol. The van der Waals surface area contributed by atoms with Crippen molar-refractivity contribution in [2.45, 2.75) is 51.0 Å². The number of fused-ring (bicyclic) bond motifs is 5. The molecule has 2 fully saturated rings. The second-order valence-corrected chi connectivity index (χ2v) is 6.58. The lowest BCUT2D eigenvalue weighted by molar-refractivity contribution is 0.0267. The van der Waals surface area contributed by atoms with Gasteiger partial charge in [-0.2, -0.15) is 0 Å². The molecule has 2 N–H and O–H groups in total. The summed E-state index contributed by atoms with van der Waals surface area (Å²) in [6.45, 7) is 1.87. The van der Waals surface area contributed by atoms with Gasteiger partial charge in [0, 0.05) is 14.1 Å². The SMILES string of the molecule is [2H]C1([2H])CC2C3=CCc4cc(O)ccc4C3CC[C@]2(C)[C@@]1([2H])O. The van der Waals surface area contributed by atoms with Crippen LogP contribution in [0.4, 0.5) is 0 Å². The fourth-order valence-corrected chi connectivity index (χ4v) is 4.38. The van der Waals surface area contributed by atoms with E-state index in [2.05, 4.69) is 6.08 Å². The van der Waals surface area contributed by atoms with Crippen molar-refractivity contribution in [1.29, 1.82) is 0 Å². The van der Waals surface area contributed by atoms with Gasteiger partial charge in [-0.15, -0.1) is 0 Å². The summed E-state index contributed by atoms with van der Waals surface area (Å²) in [4.78, 5) is 0. The zero-order valence-electron chi connectivity index (χ0n) is 14.7. The number of aromatic hydroxyl groups is 1. The summed E-state index contributed by atoms with van der Waals surface area (Å²) in [7, 11) is 0. The zero-order chi connectivity index (χ0) is 16.6. The van der Waals surface area contributed by atoms with E-state index in [0.717, 1.165) is 18.4 Å². The number of hydrogen-bond acceptors (Lipinski definition) is 2. The van der Waals surface area contributed by atoms with Crippen molar-refractivity contribution in [2.75, 3.05) is 0 Å². The normalized spacial score (nSPS) is 47.1. The van der Waals surface area contributed by atoms with Gasteiger partial charge in [0.2, 0.25) is 0 Å². The highest BCUT2D eigenvalue weighted by Crippen LogP contribution is 2.59. The van der Waals surface area contributed by atoms with Crippen LogP contribution in [0.2, 0.25) is 0 Å². The maximum absolute atomic E-state index is 10.6. The topological polar surface area (TPSA) is 40.5 Å². The molecule has 2 saturated carbocycles. The van der Waals surface area contributed by atoms with Crippen molar-refractivity contribution in [1.82, 2.24) is 0 Å². The number of aliphatic hydroxyl groups is 1. The van der Waals surface area contributed by atoms with Crippen LogP contribution < -0.4 is 0 Å². The second kappa shape index (κ2) is 4.11. The number of phenolic OH excluding ortho intramolecular Hbond substituents is 1.